The number of amides is 1. The van der Waals surface area contributed by atoms with Crippen LogP contribution >= 0.6 is 15.9 Å². The zero-order valence-corrected chi connectivity index (χ0v) is 20.8. The van der Waals surface area contributed by atoms with E-state index in [1.165, 1.54) is 0 Å². The van der Waals surface area contributed by atoms with Crippen molar-refractivity contribution >= 4 is 41.3 Å². The lowest BCUT2D eigenvalue weighted by Crippen LogP contribution is -2.28. The zero-order chi connectivity index (χ0) is 22.3. The van der Waals surface area contributed by atoms with E-state index >= 15 is 0 Å². The molecule has 0 unspecified atom stereocenters. The second-order valence-electron chi connectivity index (χ2n) is 9.54. The molecule has 166 valence electrons. The number of imidazole rings is 1. The molecule has 1 saturated carbocycles. The molecule has 1 amide bonds. The minimum atomic E-state index is -1.21. The number of nitrogens with one attached hydrogen (secondary N) is 1. The summed E-state index contributed by atoms with van der Waals surface area (Å²) in [5.74, 6) is 0.895. The maximum atomic E-state index is 12.6. The van der Waals surface area contributed by atoms with E-state index in [0.717, 1.165) is 30.3 Å². The van der Waals surface area contributed by atoms with Crippen molar-refractivity contribution in [1.82, 2.24) is 19.4 Å². The number of aromatic nitrogens is 3. The van der Waals surface area contributed by atoms with Crippen LogP contribution in [0.4, 0.5) is 5.69 Å². The summed E-state index contributed by atoms with van der Waals surface area (Å²) >= 11 is 3.31. The summed E-state index contributed by atoms with van der Waals surface area (Å²) in [5, 5.41) is 8.78. The first kappa shape index (κ1) is 22.2. The van der Waals surface area contributed by atoms with Crippen molar-refractivity contribution < 1.29 is 9.53 Å². The van der Waals surface area contributed by atoms with Crippen molar-refractivity contribution in [3.05, 3.63) is 39.6 Å². The number of carbonyl (C=O) groups is 1. The number of halogens is 1. The van der Waals surface area contributed by atoms with Crippen LogP contribution in [0.15, 0.2) is 16.9 Å². The average molecular weight is 505 g/mol. The third-order valence-electron chi connectivity index (χ3n) is 5.69. The molecule has 0 atom stereocenters. The van der Waals surface area contributed by atoms with Gasteiger partial charge in [-0.15, -0.1) is 0 Å². The summed E-state index contributed by atoms with van der Waals surface area (Å²) < 4.78 is 8.57. The zero-order valence-electron chi connectivity index (χ0n) is 18.2. The van der Waals surface area contributed by atoms with Gasteiger partial charge < -0.3 is 19.9 Å². The molecule has 0 aromatic carbocycles. The maximum absolute atomic E-state index is 12.6. The largest absolute Gasteiger partial charge is 0.398 e. The van der Waals surface area contributed by atoms with Gasteiger partial charge in [0.25, 0.3) is 0 Å². The van der Waals surface area contributed by atoms with Gasteiger partial charge in [-0.05, 0) is 40.9 Å². The molecule has 31 heavy (non-hydrogen) atoms. The highest BCUT2D eigenvalue weighted by Gasteiger charge is 2.38. The Bertz CT molecular complexity index is 1030. The lowest BCUT2D eigenvalue weighted by atomic mass is 10.1. The van der Waals surface area contributed by atoms with E-state index in [2.05, 4.69) is 40.6 Å². The summed E-state index contributed by atoms with van der Waals surface area (Å²) in [6.45, 7) is 8.92. The molecule has 0 bridgehead atoms. The number of nitrogens with zero attached hydrogens (tertiary/aromatic N) is 4. The van der Waals surface area contributed by atoms with Gasteiger partial charge in [0.1, 0.15) is 17.0 Å². The highest BCUT2D eigenvalue weighted by atomic mass is 79.9. The number of anilines is 1. The number of hydrogen-bond acceptors (Lipinski definition) is 6. The average Bonchev–Trinajstić information content (AvgIpc) is 3.36. The molecule has 3 N–H and O–H groups in total. The predicted molar refractivity (Wildman–Crippen MR) is 126 cm³/mol. The Labute approximate surface area is 191 Å². The van der Waals surface area contributed by atoms with Gasteiger partial charge in [0.15, 0.2) is 5.82 Å². The third kappa shape index (κ3) is 4.91. The maximum Gasteiger partial charge on any atom is 0.226 e. The summed E-state index contributed by atoms with van der Waals surface area (Å²) in [6.07, 6.45) is 3.55. The van der Waals surface area contributed by atoms with Crippen molar-refractivity contribution in [1.29, 1.82) is 5.41 Å². The van der Waals surface area contributed by atoms with E-state index in [0.29, 0.717) is 48.1 Å². The van der Waals surface area contributed by atoms with Gasteiger partial charge in [-0.1, -0.05) is 19.6 Å². The molecule has 4 rings (SSSR count). The van der Waals surface area contributed by atoms with Crippen molar-refractivity contribution in [2.75, 3.05) is 12.3 Å². The van der Waals surface area contributed by atoms with Crippen molar-refractivity contribution in [2.45, 2.75) is 58.3 Å². The number of nitrogens with two attached hydrogens (primary N) is 1. The number of hydrogen-bond donors (Lipinski definition) is 2. The van der Waals surface area contributed by atoms with Gasteiger partial charge in [-0.25, -0.2) is 9.97 Å². The van der Waals surface area contributed by atoms with Crippen LogP contribution in [-0.2, 0) is 29.4 Å². The number of fused-ring (bicyclic) bond motifs is 1. The quantitative estimate of drug-likeness (QED) is 0.247. The number of rotatable bonds is 8. The normalized spacial score (nSPS) is 15.9. The molecule has 0 spiro atoms. The highest BCUT2D eigenvalue weighted by molar-refractivity contribution is 9.10. The second kappa shape index (κ2) is 8.48. The molecule has 2 aromatic rings. The Morgan fingerprint density at radius 2 is 2.10 bits per heavy atom. The number of nitrogen functional groups attached to an aromatic ring is 1. The molecule has 0 saturated heterocycles. The number of ether oxygens (including phenoxy) is 1. The van der Waals surface area contributed by atoms with Crippen molar-refractivity contribution in [2.24, 2.45) is 5.92 Å². The van der Waals surface area contributed by atoms with Crippen LogP contribution in [-0.4, -0.2) is 45.7 Å². The molecule has 3 heterocycles. The van der Waals surface area contributed by atoms with E-state index < -0.39 is 8.07 Å². The van der Waals surface area contributed by atoms with Gasteiger partial charge >= 0.3 is 0 Å². The molecular weight excluding hydrogens is 476 g/mol. The molecular formula is C21H29BrN6O2Si. The van der Waals surface area contributed by atoms with Gasteiger partial charge in [0.2, 0.25) is 5.91 Å². The molecule has 8 nitrogen and oxygen atoms in total. The van der Waals surface area contributed by atoms with Crippen LogP contribution in [0.2, 0.25) is 25.7 Å². The Morgan fingerprint density at radius 1 is 1.35 bits per heavy atom. The standard InChI is InChI=1S/C21H29BrN6O2Si/c1-31(2,3)7-6-30-12-28-17-11-27(21(29)13-4-5-13)10-16(17)26-20(28)19(24)14-9-25-18(22)8-15(14)23/h8-9,13,24H,4-7,10-12H2,1-3H3,(H2,23,25). The van der Waals surface area contributed by atoms with Gasteiger partial charge in [0, 0.05) is 38.0 Å². The SMILES string of the molecule is C[Si](C)(C)CCOCn1c(C(=N)c2cnc(Br)cc2N)nc2c1CN(C(=O)C1CC1)C2. The molecule has 1 aliphatic carbocycles. The first-order chi connectivity index (χ1) is 14.6. The summed E-state index contributed by atoms with van der Waals surface area (Å²) in [4.78, 5) is 23.4. The Kier molecular flexibility index (Phi) is 6.06. The fourth-order valence-electron chi connectivity index (χ4n) is 3.64. The fourth-order valence-corrected chi connectivity index (χ4v) is 4.74. The van der Waals surface area contributed by atoms with E-state index in [1.54, 1.807) is 12.3 Å². The molecule has 2 aliphatic rings. The molecule has 2 aromatic heterocycles. The van der Waals surface area contributed by atoms with Crippen LogP contribution in [0, 0.1) is 11.3 Å². The Morgan fingerprint density at radius 3 is 2.74 bits per heavy atom. The van der Waals surface area contributed by atoms with Gasteiger partial charge in [0.05, 0.1) is 24.5 Å². The minimum absolute atomic E-state index is 0.178. The van der Waals surface area contributed by atoms with Crippen LogP contribution in [0.1, 0.15) is 35.6 Å². The molecule has 10 heteroatoms. The van der Waals surface area contributed by atoms with E-state index in [-0.39, 0.29) is 17.5 Å². The van der Waals surface area contributed by atoms with Crippen molar-refractivity contribution in [3.8, 4) is 0 Å². The second-order valence-corrected chi connectivity index (χ2v) is 16.0. The van der Waals surface area contributed by atoms with Crippen LogP contribution < -0.4 is 5.73 Å². The Hall–Kier alpha value is -2.04. The van der Waals surface area contributed by atoms with Gasteiger partial charge in [-0.3, -0.25) is 10.2 Å². The topological polar surface area (TPSA) is 110 Å². The van der Waals surface area contributed by atoms with Crippen molar-refractivity contribution in [3.63, 3.8) is 0 Å². The highest BCUT2D eigenvalue weighted by Crippen LogP contribution is 2.35. The summed E-state index contributed by atoms with van der Waals surface area (Å²) in [5.41, 5.74) is 9.14. The van der Waals surface area contributed by atoms with E-state index in [9.17, 15) is 4.79 Å². The third-order valence-corrected chi connectivity index (χ3v) is 7.83. The lowest BCUT2D eigenvalue weighted by Gasteiger charge is -2.19. The smallest absolute Gasteiger partial charge is 0.226 e. The number of carbonyl (C=O) groups excluding carboxylic acids is 1. The van der Waals surface area contributed by atoms with Gasteiger partial charge in [-0.2, -0.15) is 0 Å². The lowest BCUT2D eigenvalue weighted by molar-refractivity contribution is -0.133. The van der Waals surface area contributed by atoms with E-state index in [1.807, 2.05) is 9.47 Å². The van der Waals surface area contributed by atoms with Crippen LogP contribution in [0.3, 0.4) is 0 Å². The summed E-state index contributed by atoms with van der Waals surface area (Å²) in [7, 11) is -1.21. The van der Waals surface area contributed by atoms with Crippen LogP contribution in [0.25, 0.3) is 0 Å². The fraction of sp³-hybridized carbons (Fsp3) is 0.524. The monoisotopic (exact) mass is 504 g/mol. The Balaban J connectivity index is 1.59. The molecule has 1 fully saturated rings. The van der Waals surface area contributed by atoms with E-state index in [4.69, 9.17) is 20.9 Å². The first-order valence-electron chi connectivity index (χ1n) is 10.6. The molecule has 0 radical (unpaired) electrons. The molecule has 1 aliphatic heterocycles. The first-order valence-corrected chi connectivity index (χ1v) is 15.1. The summed E-state index contributed by atoms with van der Waals surface area (Å²) in [6, 6.07) is 2.75. The minimum Gasteiger partial charge on any atom is -0.398 e. The number of pyridine rings is 1. The van der Waals surface area contributed by atoms with Crippen LogP contribution in [0.5, 0.6) is 0 Å². The predicted octanol–water partition coefficient (Wildman–Crippen LogP) is 3.60.